The van der Waals surface area contributed by atoms with E-state index in [4.69, 9.17) is 0 Å². The molecule has 15 heavy (non-hydrogen) atoms. The van der Waals surface area contributed by atoms with Crippen LogP contribution in [-0.4, -0.2) is 15.8 Å². The number of nitrogens with zero attached hydrogens (tertiary/aromatic N) is 1. The van der Waals surface area contributed by atoms with Crippen LogP contribution in [0.15, 0.2) is 27.6 Å². The van der Waals surface area contributed by atoms with Gasteiger partial charge in [0.2, 0.25) is 0 Å². The van der Waals surface area contributed by atoms with Crippen LogP contribution in [0.3, 0.4) is 0 Å². The maximum atomic E-state index is 11.6. The number of hydrogen-bond acceptors (Lipinski definition) is 2. The van der Waals surface area contributed by atoms with Crippen molar-refractivity contribution in [1.82, 2.24) is 4.57 Å². The summed E-state index contributed by atoms with van der Waals surface area (Å²) in [5, 5.41) is 9.88. The summed E-state index contributed by atoms with van der Waals surface area (Å²) in [5.41, 5.74) is -0.331. The van der Waals surface area contributed by atoms with E-state index in [0.717, 1.165) is 0 Å². The smallest absolute Gasteiger partial charge is 0.264 e. The van der Waals surface area contributed by atoms with Crippen molar-refractivity contribution in [3.05, 3.63) is 33.2 Å². The average Bonchev–Trinajstić information content (AvgIpc) is 2.11. The third-order valence-electron chi connectivity index (χ3n) is 2.34. The fraction of sp³-hybridized carbons (Fsp3) is 0.545. The van der Waals surface area contributed by atoms with Gasteiger partial charge in [0, 0.05) is 6.20 Å². The van der Waals surface area contributed by atoms with Crippen molar-refractivity contribution in [3.8, 4) is 0 Å². The Bertz CT molecular complexity index is 392. The van der Waals surface area contributed by atoms with Crippen molar-refractivity contribution in [2.24, 2.45) is 5.41 Å². The van der Waals surface area contributed by atoms with Crippen LogP contribution in [0.5, 0.6) is 0 Å². The molecule has 1 aromatic rings. The summed E-state index contributed by atoms with van der Waals surface area (Å²) in [6, 6.07) is 3.48. The highest BCUT2D eigenvalue weighted by atomic mass is 79.9. The molecule has 1 N–H and O–H groups in total. The van der Waals surface area contributed by atoms with Crippen LogP contribution in [0.1, 0.15) is 20.8 Å². The van der Waals surface area contributed by atoms with E-state index in [2.05, 4.69) is 15.9 Å². The molecule has 0 amide bonds. The van der Waals surface area contributed by atoms with Gasteiger partial charge in [-0.3, -0.25) is 4.79 Å². The van der Waals surface area contributed by atoms with Crippen molar-refractivity contribution >= 4 is 15.9 Å². The van der Waals surface area contributed by atoms with Crippen LogP contribution in [0.4, 0.5) is 0 Å². The van der Waals surface area contributed by atoms with Crippen molar-refractivity contribution in [2.45, 2.75) is 33.4 Å². The molecule has 0 radical (unpaired) electrons. The Hall–Kier alpha value is -0.610. The van der Waals surface area contributed by atoms with Gasteiger partial charge in [0.1, 0.15) is 0 Å². The van der Waals surface area contributed by atoms with E-state index in [1.54, 1.807) is 18.3 Å². The second-order valence-electron chi connectivity index (χ2n) is 4.70. The Balaban J connectivity index is 2.91. The predicted octanol–water partition coefficient (Wildman–Crippen LogP) is 2.02. The van der Waals surface area contributed by atoms with Gasteiger partial charge < -0.3 is 9.67 Å². The fourth-order valence-electron chi connectivity index (χ4n) is 1.11. The molecule has 0 saturated heterocycles. The Morgan fingerprint density at radius 3 is 2.67 bits per heavy atom. The van der Waals surface area contributed by atoms with Crippen molar-refractivity contribution in [2.75, 3.05) is 0 Å². The van der Waals surface area contributed by atoms with Gasteiger partial charge in [-0.1, -0.05) is 20.8 Å². The third kappa shape index (κ3) is 3.18. The van der Waals surface area contributed by atoms with Gasteiger partial charge in [-0.15, -0.1) is 0 Å². The van der Waals surface area contributed by atoms with E-state index in [0.29, 0.717) is 11.0 Å². The maximum Gasteiger partial charge on any atom is 0.264 e. The normalized spacial score (nSPS) is 13.9. The average molecular weight is 274 g/mol. The summed E-state index contributed by atoms with van der Waals surface area (Å²) in [6.07, 6.45) is 1.15. The number of aliphatic hydroxyl groups is 1. The van der Waals surface area contributed by atoms with Gasteiger partial charge in [0.05, 0.1) is 17.1 Å². The first-order valence-corrected chi connectivity index (χ1v) is 5.64. The topological polar surface area (TPSA) is 42.2 Å². The quantitative estimate of drug-likeness (QED) is 0.896. The minimum absolute atomic E-state index is 0.110. The fourth-order valence-corrected chi connectivity index (χ4v) is 1.49. The highest BCUT2D eigenvalue weighted by molar-refractivity contribution is 9.10. The van der Waals surface area contributed by atoms with Crippen LogP contribution in [0, 0.1) is 5.41 Å². The van der Waals surface area contributed by atoms with Crippen LogP contribution >= 0.6 is 15.9 Å². The molecule has 0 aliphatic heterocycles. The molecule has 0 aromatic carbocycles. The Labute approximate surface area is 97.9 Å². The summed E-state index contributed by atoms with van der Waals surface area (Å²) >= 11 is 3.17. The zero-order valence-electron chi connectivity index (χ0n) is 9.20. The standard InChI is InChI=1S/C11H16BrNO2/c1-11(2,3)9(14)7-13-6-4-5-8(12)10(13)15/h4-6,9,14H,7H2,1-3H3. The number of pyridine rings is 1. The lowest BCUT2D eigenvalue weighted by Crippen LogP contribution is -2.34. The lowest BCUT2D eigenvalue weighted by molar-refractivity contribution is 0.0472. The molecular formula is C11H16BrNO2. The minimum Gasteiger partial charge on any atom is -0.391 e. The molecule has 0 bridgehead atoms. The van der Waals surface area contributed by atoms with E-state index in [1.807, 2.05) is 20.8 Å². The maximum absolute atomic E-state index is 11.6. The summed E-state index contributed by atoms with van der Waals surface area (Å²) in [4.78, 5) is 11.6. The summed E-state index contributed by atoms with van der Waals surface area (Å²) < 4.78 is 2.03. The Kier molecular flexibility index (Phi) is 3.73. The molecule has 1 rings (SSSR count). The molecule has 0 saturated carbocycles. The van der Waals surface area contributed by atoms with Crippen molar-refractivity contribution < 1.29 is 5.11 Å². The van der Waals surface area contributed by atoms with Crippen molar-refractivity contribution in [3.63, 3.8) is 0 Å². The molecule has 1 atom stereocenters. The number of aromatic nitrogens is 1. The third-order valence-corrected chi connectivity index (χ3v) is 2.95. The van der Waals surface area contributed by atoms with E-state index >= 15 is 0 Å². The monoisotopic (exact) mass is 273 g/mol. The molecule has 84 valence electrons. The molecule has 3 nitrogen and oxygen atoms in total. The SMILES string of the molecule is CC(C)(C)C(O)Cn1cccc(Br)c1=O. The molecular weight excluding hydrogens is 258 g/mol. The van der Waals surface area contributed by atoms with Gasteiger partial charge in [-0.2, -0.15) is 0 Å². The van der Waals surface area contributed by atoms with Crippen LogP contribution in [0.2, 0.25) is 0 Å². The highest BCUT2D eigenvalue weighted by Crippen LogP contribution is 2.20. The van der Waals surface area contributed by atoms with Crippen LogP contribution in [-0.2, 0) is 6.54 Å². The summed E-state index contributed by atoms with van der Waals surface area (Å²) in [6.45, 7) is 6.16. The zero-order valence-corrected chi connectivity index (χ0v) is 10.8. The molecule has 1 unspecified atom stereocenters. The van der Waals surface area contributed by atoms with Crippen LogP contribution < -0.4 is 5.56 Å². The van der Waals surface area contributed by atoms with E-state index < -0.39 is 6.10 Å². The Morgan fingerprint density at radius 2 is 2.13 bits per heavy atom. The van der Waals surface area contributed by atoms with Gasteiger partial charge in [-0.05, 0) is 33.5 Å². The Morgan fingerprint density at radius 1 is 1.53 bits per heavy atom. The highest BCUT2D eigenvalue weighted by Gasteiger charge is 2.22. The van der Waals surface area contributed by atoms with E-state index in [1.165, 1.54) is 4.57 Å². The number of hydrogen-bond donors (Lipinski definition) is 1. The summed E-state index contributed by atoms with van der Waals surface area (Å²) in [7, 11) is 0. The molecule has 1 aromatic heterocycles. The summed E-state index contributed by atoms with van der Waals surface area (Å²) in [5.74, 6) is 0. The second-order valence-corrected chi connectivity index (χ2v) is 5.55. The molecule has 0 aliphatic carbocycles. The first-order valence-electron chi connectivity index (χ1n) is 4.85. The first kappa shape index (κ1) is 12.5. The number of rotatable bonds is 2. The van der Waals surface area contributed by atoms with Crippen molar-refractivity contribution in [1.29, 1.82) is 0 Å². The number of aliphatic hydroxyl groups excluding tert-OH is 1. The lowest BCUT2D eigenvalue weighted by Gasteiger charge is -2.26. The first-order chi connectivity index (χ1) is 6.82. The van der Waals surface area contributed by atoms with Gasteiger partial charge in [0.25, 0.3) is 5.56 Å². The lowest BCUT2D eigenvalue weighted by atomic mass is 9.89. The predicted molar refractivity (Wildman–Crippen MR) is 63.9 cm³/mol. The molecule has 0 aliphatic rings. The van der Waals surface area contributed by atoms with Gasteiger partial charge >= 0.3 is 0 Å². The molecule has 4 heteroatoms. The minimum atomic E-state index is -0.538. The van der Waals surface area contributed by atoms with E-state index in [9.17, 15) is 9.90 Å². The molecule has 0 fully saturated rings. The zero-order chi connectivity index (χ0) is 11.6. The van der Waals surface area contributed by atoms with Gasteiger partial charge in [0.15, 0.2) is 0 Å². The largest absolute Gasteiger partial charge is 0.391 e. The second kappa shape index (κ2) is 4.49. The number of halogens is 1. The van der Waals surface area contributed by atoms with E-state index in [-0.39, 0.29) is 11.0 Å². The van der Waals surface area contributed by atoms with Crippen LogP contribution in [0.25, 0.3) is 0 Å². The molecule has 1 heterocycles. The van der Waals surface area contributed by atoms with Gasteiger partial charge in [-0.25, -0.2) is 0 Å². The molecule has 0 spiro atoms.